The van der Waals surface area contributed by atoms with Crippen molar-refractivity contribution in [2.24, 2.45) is 0 Å². The topological polar surface area (TPSA) is 62.0 Å². The smallest absolute Gasteiger partial charge is 0.268 e. The number of nitrogens with one attached hydrogen (secondary N) is 2. The lowest BCUT2D eigenvalue weighted by Gasteiger charge is -2.02. The standard InChI is InChI=1S/C13H14N2O2S/c1-8-6-10(18-9(8)2)7-14-13(17)11-4-3-5-12(16)15-11/h3-6H,7H2,1-2H3,(H,14,17)(H,15,16). The first kappa shape index (κ1) is 12.6. The second-order valence-corrected chi connectivity index (χ2v) is 5.40. The summed E-state index contributed by atoms with van der Waals surface area (Å²) in [6, 6.07) is 6.59. The molecule has 2 heterocycles. The summed E-state index contributed by atoms with van der Waals surface area (Å²) in [4.78, 5) is 27.7. The van der Waals surface area contributed by atoms with E-state index in [1.807, 2.05) is 6.92 Å². The van der Waals surface area contributed by atoms with Crippen LogP contribution in [0, 0.1) is 13.8 Å². The molecule has 2 aromatic rings. The molecule has 2 aromatic heterocycles. The van der Waals surface area contributed by atoms with Gasteiger partial charge in [0, 0.05) is 15.8 Å². The second-order valence-electron chi connectivity index (χ2n) is 4.06. The summed E-state index contributed by atoms with van der Waals surface area (Å²) in [7, 11) is 0. The molecule has 0 spiro atoms. The molecule has 0 aliphatic heterocycles. The van der Waals surface area contributed by atoms with E-state index in [2.05, 4.69) is 23.3 Å². The van der Waals surface area contributed by atoms with Gasteiger partial charge in [0.05, 0.1) is 6.54 Å². The molecule has 0 saturated carbocycles. The molecule has 0 atom stereocenters. The van der Waals surface area contributed by atoms with Crippen molar-refractivity contribution in [3.63, 3.8) is 0 Å². The lowest BCUT2D eigenvalue weighted by molar-refractivity contribution is 0.0946. The minimum absolute atomic E-state index is 0.267. The van der Waals surface area contributed by atoms with Gasteiger partial charge in [0.15, 0.2) is 0 Å². The van der Waals surface area contributed by atoms with Gasteiger partial charge in [-0.25, -0.2) is 0 Å². The van der Waals surface area contributed by atoms with E-state index in [1.54, 1.807) is 23.5 Å². The number of rotatable bonds is 3. The molecule has 5 heteroatoms. The highest BCUT2D eigenvalue weighted by atomic mass is 32.1. The second kappa shape index (κ2) is 5.18. The van der Waals surface area contributed by atoms with Crippen LogP contribution in [-0.4, -0.2) is 10.9 Å². The van der Waals surface area contributed by atoms with Gasteiger partial charge in [-0.15, -0.1) is 11.3 Å². The molecule has 18 heavy (non-hydrogen) atoms. The first-order valence-electron chi connectivity index (χ1n) is 5.59. The molecule has 0 fully saturated rings. The minimum Gasteiger partial charge on any atom is -0.346 e. The van der Waals surface area contributed by atoms with Crippen LogP contribution < -0.4 is 10.9 Å². The van der Waals surface area contributed by atoms with Crippen molar-refractivity contribution in [3.8, 4) is 0 Å². The van der Waals surface area contributed by atoms with Crippen LogP contribution >= 0.6 is 11.3 Å². The SMILES string of the molecule is Cc1cc(CNC(=O)c2cccc(=O)[nH]2)sc1C. The first-order chi connectivity index (χ1) is 8.56. The van der Waals surface area contributed by atoms with Gasteiger partial charge in [0.25, 0.3) is 5.91 Å². The van der Waals surface area contributed by atoms with E-state index in [-0.39, 0.29) is 17.2 Å². The highest BCUT2D eigenvalue weighted by Gasteiger charge is 2.07. The summed E-state index contributed by atoms with van der Waals surface area (Å²) in [6.45, 7) is 4.58. The van der Waals surface area contributed by atoms with Gasteiger partial charge in [-0.1, -0.05) is 6.07 Å². The van der Waals surface area contributed by atoms with Crippen LogP contribution in [0.25, 0.3) is 0 Å². The van der Waals surface area contributed by atoms with Gasteiger partial charge in [0.1, 0.15) is 5.69 Å². The molecule has 0 bridgehead atoms. The number of carbonyl (C=O) groups is 1. The molecule has 1 amide bonds. The monoisotopic (exact) mass is 262 g/mol. The van der Waals surface area contributed by atoms with Crippen molar-refractivity contribution in [1.29, 1.82) is 0 Å². The maximum Gasteiger partial charge on any atom is 0.268 e. The Hall–Kier alpha value is -1.88. The molecule has 0 aromatic carbocycles. The molecule has 0 saturated heterocycles. The van der Waals surface area contributed by atoms with Crippen molar-refractivity contribution in [2.75, 3.05) is 0 Å². The van der Waals surface area contributed by atoms with Crippen molar-refractivity contribution in [2.45, 2.75) is 20.4 Å². The molecular weight excluding hydrogens is 248 g/mol. The highest BCUT2D eigenvalue weighted by molar-refractivity contribution is 7.12. The third-order valence-corrected chi connectivity index (χ3v) is 3.81. The van der Waals surface area contributed by atoms with Gasteiger partial charge in [-0.2, -0.15) is 0 Å². The van der Waals surface area contributed by atoms with Crippen LogP contribution in [0.2, 0.25) is 0 Å². The molecule has 2 N–H and O–H groups in total. The number of aromatic amines is 1. The third-order valence-electron chi connectivity index (χ3n) is 2.65. The van der Waals surface area contributed by atoms with E-state index in [1.165, 1.54) is 16.5 Å². The van der Waals surface area contributed by atoms with E-state index in [4.69, 9.17) is 0 Å². The summed E-state index contributed by atoms with van der Waals surface area (Å²) in [5, 5.41) is 2.78. The van der Waals surface area contributed by atoms with Gasteiger partial charge in [0.2, 0.25) is 5.56 Å². The number of amides is 1. The number of aryl methyl sites for hydroxylation is 2. The Labute approximate surface area is 109 Å². The fourth-order valence-electron chi connectivity index (χ4n) is 1.58. The number of H-pyrrole nitrogens is 1. The van der Waals surface area contributed by atoms with Gasteiger partial charge < -0.3 is 10.3 Å². The van der Waals surface area contributed by atoms with Crippen LogP contribution in [0.3, 0.4) is 0 Å². The Morgan fingerprint density at radius 3 is 2.78 bits per heavy atom. The summed E-state index contributed by atoms with van der Waals surface area (Å²) < 4.78 is 0. The zero-order chi connectivity index (χ0) is 13.1. The predicted octanol–water partition coefficient (Wildman–Crippen LogP) is 1.98. The summed E-state index contributed by atoms with van der Waals surface area (Å²) >= 11 is 1.67. The van der Waals surface area contributed by atoms with E-state index in [0.717, 1.165) is 4.88 Å². The molecule has 2 rings (SSSR count). The Morgan fingerprint density at radius 2 is 2.17 bits per heavy atom. The molecule has 4 nitrogen and oxygen atoms in total. The summed E-state index contributed by atoms with van der Waals surface area (Å²) in [5.74, 6) is -0.267. The van der Waals surface area contributed by atoms with E-state index in [0.29, 0.717) is 6.54 Å². The normalized spacial score (nSPS) is 10.3. The van der Waals surface area contributed by atoms with Crippen molar-refractivity contribution in [3.05, 3.63) is 55.6 Å². The van der Waals surface area contributed by atoms with E-state index < -0.39 is 0 Å². The fraction of sp³-hybridized carbons (Fsp3) is 0.231. The Balaban J connectivity index is 2.02. The zero-order valence-corrected chi connectivity index (χ0v) is 11.1. The average Bonchev–Trinajstić information content (AvgIpc) is 2.66. The molecule has 0 radical (unpaired) electrons. The highest BCUT2D eigenvalue weighted by Crippen LogP contribution is 2.20. The predicted molar refractivity (Wildman–Crippen MR) is 72.0 cm³/mol. The number of aromatic nitrogens is 1. The minimum atomic E-state index is -0.273. The van der Waals surface area contributed by atoms with E-state index in [9.17, 15) is 9.59 Å². The van der Waals surface area contributed by atoms with Crippen LogP contribution in [0.1, 0.15) is 25.8 Å². The fourth-order valence-corrected chi connectivity index (χ4v) is 2.57. The van der Waals surface area contributed by atoms with Gasteiger partial charge in [-0.05, 0) is 31.5 Å². The lowest BCUT2D eigenvalue weighted by Crippen LogP contribution is -2.25. The Kier molecular flexibility index (Phi) is 3.62. The third kappa shape index (κ3) is 2.87. The first-order valence-corrected chi connectivity index (χ1v) is 6.41. The largest absolute Gasteiger partial charge is 0.346 e. The quantitative estimate of drug-likeness (QED) is 0.888. The van der Waals surface area contributed by atoms with Crippen molar-refractivity contribution in [1.82, 2.24) is 10.3 Å². The Bertz CT molecular complexity index is 608. The number of pyridine rings is 1. The number of thiophene rings is 1. The summed E-state index contributed by atoms with van der Waals surface area (Å²) in [5.41, 5.74) is 1.25. The van der Waals surface area contributed by atoms with Gasteiger partial charge >= 0.3 is 0 Å². The summed E-state index contributed by atoms with van der Waals surface area (Å²) in [6.07, 6.45) is 0. The van der Waals surface area contributed by atoms with Crippen LogP contribution in [0.15, 0.2) is 29.1 Å². The van der Waals surface area contributed by atoms with Crippen LogP contribution in [0.5, 0.6) is 0 Å². The molecule has 0 aliphatic rings. The lowest BCUT2D eigenvalue weighted by atomic mass is 10.3. The molecule has 94 valence electrons. The van der Waals surface area contributed by atoms with E-state index >= 15 is 0 Å². The maximum absolute atomic E-state index is 11.8. The zero-order valence-electron chi connectivity index (χ0n) is 10.2. The van der Waals surface area contributed by atoms with Gasteiger partial charge in [-0.3, -0.25) is 9.59 Å². The average molecular weight is 262 g/mol. The van der Waals surface area contributed by atoms with Crippen LogP contribution in [-0.2, 0) is 6.54 Å². The number of hydrogen-bond donors (Lipinski definition) is 2. The van der Waals surface area contributed by atoms with Crippen LogP contribution in [0.4, 0.5) is 0 Å². The maximum atomic E-state index is 11.8. The number of carbonyl (C=O) groups excluding carboxylic acids is 1. The molecule has 0 unspecified atom stereocenters. The molecule has 0 aliphatic carbocycles. The van der Waals surface area contributed by atoms with Crippen molar-refractivity contribution < 1.29 is 4.79 Å². The Morgan fingerprint density at radius 1 is 1.39 bits per heavy atom. The molecular formula is C13H14N2O2S. The number of hydrogen-bond acceptors (Lipinski definition) is 3. The van der Waals surface area contributed by atoms with Crippen molar-refractivity contribution >= 4 is 17.2 Å².